The first-order valence-electron chi connectivity index (χ1n) is 8.97. The minimum atomic E-state index is -4.40. The third-order valence-corrected chi connectivity index (χ3v) is 4.42. The Kier molecular flexibility index (Phi) is 6.08. The van der Waals surface area contributed by atoms with Crippen LogP contribution in [0.2, 0.25) is 0 Å². The van der Waals surface area contributed by atoms with Crippen molar-refractivity contribution in [1.82, 2.24) is 10.4 Å². The Hall–Kier alpha value is -2.74. The normalized spacial score (nSPS) is 17.4. The van der Waals surface area contributed by atoms with E-state index in [1.165, 1.54) is 12.1 Å². The lowest BCUT2D eigenvalue weighted by Gasteiger charge is -2.25. The number of carbonyl (C=O) groups excluding carboxylic acids is 1. The number of nitrogens with one attached hydrogen (secondary N) is 1. The molecule has 1 amide bonds. The maximum atomic E-state index is 12.8. The van der Waals surface area contributed by atoms with Crippen molar-refractivity contribution in [3.63, 3.8) is 0 Å². The minimum absolute atomic E-state index is 0.255. The van der Waals surface area contributed by atoms with E-state index < -0.39 is 23.9 Å². The first kappa shape index (κ1) is 20.0. The van der Waals surface area contributed by atoms with Crippen LogP contribution in [-0.2, 0) is 17.3 Å². The summed E-state index contributed by atoms with van der Waals surface area (Å²) in [5, 5.41) is 1.70. The molecule has 28 heavy (non-hydrogen) atoms. The second kappa shape index (κ2) is 8.52. The molecular weight excluding hydrogens is 373 g/mol. The molecule has 1 unspecified atom stereocenters. The Morgan fingerprint density at radius 2 is 1.89 bits per heavy atom. The van der Waals surface area contributed by atoms with Crippen LogP contribution >= 0.6 is 0 Å². The molecule has 1 heterocycles. The molecule has 1 N–H and O–H groups in total. The molecular formula is C20H21F3N2O3. The number of carbonyl (C=O) groups is 1. The van der Waals surface area contributed by atoms with Crippen molar-refractivity contribution in [2.45, 2.75) is 25.6 Å². The Labute approximate surface area is 161 Å². The van der Waals surface area contributed by atoms with Crippen molar-refractivity contribution in [1.29, 1.82) is 0 Å². The van der Waals surface area contributed by atoms with E-state index in [2.05, 4.69) is 5.43 Å². The van der Waals surface area contributed by atoms with Crippen LogP contribution in [-0.4, -0.2) is 30.8 Å². The molecule has 2 aromatic rings. The molecule has 150 valence electrons. The van der Waals surface area contributed by atoms with E-state index >= 15 is 0 Å². The van der Waals surface area contributed by atoms with Gasteiger partial charge in [-0.05, 0) is 48.7 Å². The van der Waals surface area contributed by atoms with Crippen molar-refractivity contribution in [3.8, 4) is 5.75 Å². The summed E-state index contributed by atoms with van der Waals surface area (Å²) >= 11 is 0. The Bertz CT molecular complexity index is 809. The van der Waals surface area contributed by atoms with Crippen LogP contribution in [0.4, 0.5) is 18.0 Å². The second-order valence-electron chi connectivity index (χ2n) is 6.36. The van der Waals surface area contributed by atoms with Gasteiger partial charge in [-0.2, -0.15) is 13.2 Å². The summed E-state index contributed by atoms with van der Waals surface area (Å²) in [6, 6.07) is 12.3. The molecule has 2 aromatic carbocycles. The van der Waals surface area contributed by atoms with Crippen LogP contribution in [0.15, 0.2) is 48.5 Å². The molecule has 0 spiro atoms. The highest BCUT2D eigenvalue weighted by atomic mass is 19.4. The van der Waals surface area contributed by atoms with Gasteiger partial charge in [-0.3, -0.25) is 5.43 Å². The summed E-state index contributed by atoms with van der Waals surface area (Å²) < 4.78 is 49.2. The average Bonchev–Trinajstić information content (AvgIpc) is 2.81. The van der Waals surface area contributed by atoms with E-state index in [1.54, 1.807) is 11.9 Å². The zero-order valence-electron chi connectivity index (χ0n) is 15.3. The smallest absolute Gasteiger partial charge is 0.421 e. The van der Waals surface area contributed by atoms with E-state index in [4.69, 9.17) is 9.47 Å². The Morgan fingerprint density at radius 1 is 1.18 bits per heavy atom. The van der Waals surface area contributed by atoms with Crippen molar-refractivity contribution in [2.75, 3.05) is 19.7 Å². The number of fused-ring (bicyclic) bond motifs is 1. The van der Waals surface area contributed by atoms with Gasteiger partial charge < -0.3 is 9.47 Å². The van der Waals surface area contributed by atoms with Crippen LogP contribution in [0.5, 0.6) is 5.75 Å². The van der Waals surface area contributed by atoms with Crippen molar-refractivity contribution in [3.05, 3.63) is 65.2 Å². The predicted octanol–water partition coefficient (Wildman–Crippen LogP) is 4.34. The first-order valence-corrected chi connectivity index (χ1v) is 8.97. The summed E-state index contributed by atoms with van der Waals surface area (Å²) in [4.78, 5) is 11.8. The summed E-state index contributed by atoms with van der Waals surface area (Å²) in [5.41, 5.74) is 3.96. The van der Waals surface area contributed by atoms with Gasteiger partial charge in [0.25, 0.3) is 0 Å². The largest absolute Gasteiger partial charge is 0.484 e. The number of ether oxygens (including phenoxy) is 2. The molecule has 0 fully saturated rings. The summed E-state index contributed by atoms with van der Waals surface area (Å²) in [7, 11) is 0. The number of nitrogens with zero attached hydrogens (tertiary/aromatic N) is 1. The highest BCUT2D eigenvalue weighted by Gasteiger charge is 2.30. The van der Waals surface area contributed by atoms with Gasteiger partial charge >= 0.3 is 12.3 Å². The molecule has 5 nitrogen and oxygen atoms in total. The molecule has 0 saturated carbocycles. The standard InChI is InChI=1S/C20H21F3N2O3/c1-2-27-19(26)24-25-12-11-14-5-3-4-6-17(14)18(13-25)28-16-9-7-15(8-10-16)20(21,22)23/h3-10,18H,2,11-13H2,1H3,(H,24,26). The fourth-order valence-electron chi connectivity index (χ4n) is 3.10. The van der Waals surface area contributed by atoms with Gasteiger partial charge in [0, 0.05) is 6.54 Å². The highest BCUT2D eigenvalue weighted by Crippen LogP contribution is 2.32. The van der Waals surface area contributed by atoms with Crippen LogP contribution in [0.25, 0.3) is 0 Å². The van der Waals surface area contributed by atoms with Crippen molar-refractivity contribution in [2.24, 2.45) is 0 Å². The van der Waals surface area contributed by atoms with E-state index in [-0.39, 0.29) is 6.61 Å². The Morgan fingerprint density at radius 3 is 2.57 bits per heavy atom. The number of amides is 1. The highest BCUT2D eigenvalue weighted by molar-refractivity contribution is 5.66. The molecule has 8 heteroatoms. The number of benzene rings is 2. The van der Waals surface area contributed by atoms with Gasteiger partial charge in [0.05, 0.1) is 18.7 Å². The third-order valence-electron chi connectivity index (χ3n) is 4.42. The van der Waals surface area contributed by atoms with Crippen molar-refractivity contribution >= 4 is 6.09 Å². The molecule has 1 aliphatic heterocycles. The lowest BCUT2D eigenvalue weighted by atomic mass is 10.0. The molecule has 1 aliphatic rings. The van der Waals surface area contributed by atoms with Gasteiger partial charge in [-0.25, -0.2) is 9.80 Å². The number of alkyl halides is 3. The summed E-state index contributed by atoms with van der Waals surface area (Å²) in [6.07, 6.45) is -4.72. The van der Waals surface area contributed by atoms with E-state index in [9.17, 15) is 18.0 Å². The SMILES string of the molecule is CCOC(=O)NN1CCc2ccccc2C(Oc2ccc(C(F)(F)F)cc2)C1. The lowest BCUT2D eigenvalue weighted by molar-refractivity contribution is -0.137. The first-order chi connectivity index (χ1) is 13.4. The molecule has 0 bridgehead atoms. The third kappa shape index (κ3) is 4.95. The maximum Gasteiger partial charge on any atom is 0.421 e. The molecule has 0 aliphatic carbocycles. The fourth-order valence-corrected chi connectivity index (χ4v) is 3.10. The zero-order chi connectivity index (χ0) is 20.1. The maximum absolute atomic E-state index is 12.8. The van der Waals surface area contributed by atoms with Crippen molar-refractivity contribution < 1.29 is 27.4 Å². The molecule has 0 saturated heterocycles. The van der Waals surface area contributed by atoms with Gasteiger partial charge in [0.15, 0.2) is 0 Å². The van der Waals surface area contributed by atoms with Crippen LogP contribution in [0.3, 0.4) is 0 Å². The zero-order valence-corrected chi connectivity index (χ0v) is 15.3. The number of halogens is 3. The van der Waals surface area contributed by atoms with Crippen LogP contribution in [0.1, 0.15) is 29.7 Å². The minimum Gasteiger partial charge on any atom is -0.484 e. The number of hydrogen-bond donors (Lipinski definition) is 1. The van der Waals surface area contributed by atoms with E-state index in [0.29, 0.717) is 25.3 Å². The summed E-state index contributed by atoms with van der Waals surface area (Å²) in [5.74, 6) is 0.325. The monoisotopic (exact) mass is 394 g/mol. The van der Waals surface area contributed by atoms with Gasteiger partial charge in [0.2, 0.25) is 0 Å². The summed E-state index contributed by atoms with van der Waals surface area (Å²) in [6.45, 7) is 2.86. The quantitative estimate of drug-likeness (QED) is 0.838. The number of rotatable bonds is 4. The number of hydrogen-bond acceptors (Lipinski definition) is 4. The fraction of sp³-hybridized carbons (Fsp3) is 0.350. The van der Waals surface area contributed by atoms with E-state index in [1.807, 2.05) is 24.3 Å². The molecule has 0 aromatic heterocycles. The van der Waals surface area contributed by atoms with Gasteiger partial charge in [-0.1, -0.05) is 24.3 Å². The molecule has 3 rings (SSSR count). The predicted molar refractivity (Wildman–Crippen MR) is 96.7 cm³/mol. The lowest BCUT2D eigenvalue weighted by Crippen LogP contribution is -2.45. The topological polar surface area (TPSA) is 50.8 Å². The number of hydrazine groups is 1. The average molecular weight is 394 g/mol. The molecule has 0 radical (unpaired) electrons. The van der Waals surface area contributed by atoms with Crippen LogP contribution < -0.4 is 10.2 Å². The van der Waals surface area contributed by atoms with Crippen LogP contribution in [0, 0.1) is 0 Å². The van der Waals surface area contributed by atoms with E-state index in [0.717, 1.165) is 23.3 Å². The second-order valence-corrected chi connectivity index (χ2v) is 6.36. The molecule has 1 atom stereocenters. The Balaban J connectivity index is 1.80. The van der Waals surface area contributed by atoms with Gasteiger partial charge in [-0.15, -0.1) is 0 Å². The van der Waals surface area contributed by atoms with Gasteiger partial charge in [0.1, 0.15) is 11.9 Å².